The number of alkyl carbamates (subject to hydrolysis) is 1. The second-order valence-electron chi connectivity index (χ2n) is 14.5. The van der Waals surface area contributed by atoms with Crippen LogP contribution in [-0.4, -0.2) is 69.5 Å². The molecule has 52 heavy (non-hydrogen) atoms. The van der Waals surface area contributed by atoms with Crippen LogP contribution >= 0.6 is 0 Å². The number of carbonyl (C=O) groups is 3. The maximum absolute atomic E-state index is 14.0. The van der Waals surface area contributed by atoms with Gasteiger partial charge >= 0.3 is 6.09 Å². The zero-order chi connectivity index (χ0) is 37.3. The average Bonchev–Trinajstić information content (AvgIpc) is 3.45. The smallest absolute Gasteiger partial charge is 0.407 e. The van der Waals surface area contributed by atoms with Crippen molar-refractivity contribution in [3.63, 3.8) is 0 Å². The molecule has 4 atom stereocenters. The van der Waals surface area contributed by atoms with Crippen LogP contribution < -0.4 is 16.1 Å². The first-order chi connectivity index (χ1) is 24.9. The fourth-order valence-corrected chi connectivity index (χ4v) is 6.62. The van der Waals surface area contributed by atoms with Crippen LogP contribution in [0.1, 0.15) is 61.9 Å². The zero-order valence-electron chi connectivity index (χ0n) is 30.2. The van der Waals surface area contributed by atoms with Crippen molar-refractivity contribution >= 4 is 17.9 Å². The molecule has 3 amide bonds. The van der Waals surface area contributed by atoms with Crippen molar-refractivity contribution in [2.45, 2.75) is 76.8 Å². The summed E-state index contributed by atoms with van der Waals surface area (Å²) in [6.45, 7) is 6.12. The monoisotopic (exact) mass is 707 g/mol. The van der Waals surface area contributed by atoms with Crippen LogP contribution in [0.25, 0.3) is 11.1 Å². The van der Waals surface area contributed by atoms with Gasteiger partial charge in [-0.25, -0.2) is 9.80 Å². The van der Waals surface area contributed by atoms with E-state index in [9.17, 15) is 24.6 Å². The molecule has 0 saturated heterocycles. The summed E-state index contributed by atoms with van der Waals surface area (Å²) >= 11 is 0. The van der Waals surface area contributed by atoms with E-state index in [0.29, 0.717) is 19.4 Å². The highest BCUT2D eigenvalue weighted by Gasteiger charge is 2.40. The lowest BCUT2D eigenvalue weighted by Crippen LogP contribution is -2.57. The fraction of sp³-hybridized carbons (Fsp3) is 0.366. The summed E-state index contributed by atoms with van der Waals surface area (Å²) in [4.78, 5) is 44.0. The molecule has 1 heterocycles. The standard InChI is InChI=1S/C41H49N5O6/c1-40(2,3)36(44-39(50)52-4)37(48)45-46(27-29-15-17-30(18-16-29)31-19-22-42-23-20-31)24-10-21-41(51,26-28-11-6-5-7-12-28)38(49)43-35-33-14-9-8-13-32(33)25-34(35)47/h5-9,11-20,22-23,34-36,47,51H,10,21,24-27H2,1-4H3,(H,43,49)(H,44,50)(H,45,48)/t34-,35+,36-,41-/m1/s1. The molecule has 0 saturated carbocycles. The Balaban J connectivity index is 1.36. The number of hydrazine groups is 1. The molecule has 0 bridgehead atoms. The molecule has 1 aromatic heterocycles. The van der Waals surface area contributed by atoms with Crippen molar-refractivity contribution in [1.82, 2.24) is 26.1 Å². The van der Waals surface area contributed by atoms with Crippen LogP contribution in [0.5, 0.6) is 0 Å². The number of aromatic nitrogens is 1. The number of pyridine rings is 1. The van der Waals surface area contributed by atoms with Crippen molar-refractivity contribution in [2.24, 2.45) is 5.41 Å². The van der Waals surface area contributed by atoms with E-state index in [1.54, 1.807) is 17.4 Å². The van der Waals surface area contributed by atoms with E-state index in [2.05, 4.69) is 21.0 Å². The lowest BCUT2D eigenvalue weighted by atomic mass is 9.86. The summed E-state index contributed by atoms with van der Waals surface area (Å²) in [7, 11) is 1.24. The summed E-state index contributed by atoms with van der Waals surface area (Å²) in [5.74, 6) is -1.01. The summed E-state index contributed by atoms with van der Waals surface area (Å²) < 4.78 is 4.79. The molecule has 11 heteroatoms. The predicted octanol–water partition coefficient (Wildman–Crippen LogP) is 4.88. The van der Waals surface area contributed by atoms with Gasteiger partial charge in [0.15, 0.2) is 0 Å². The van der Waals surface area contributed by atoms with E-state index < -0.39 is 47.1 Å². The Labute approximate surface area is 305 Å². The van der Waals surface area contributed by atoms with Gasteiger partial charge in [-0.1, -0.05) is 99.6 Å². The number of hydrogen-bond donors (Lipinski definition) is 5. The maximum atomic E-state index is 14.0. The van der Waals surface area contributed by atoms with Crippen molar-refractivity contribution in [3.05, 3.63) is 126 Å². The average molecular weight is 708 g/mol. The number of amides is 3. The molecule has 5 N–H and O–H groups in total. The number of nitrogens with one attached hydrogen (secondary N) is 3. The molecule has 0 radical (unpaired) electrons. The number of aliphatic hydroxyl groups excluding tert-OH is 1. The van der Waals surface area contributed by atoms with Crippen LogP contribution in [0.3, 0.4) is 0 Å². The van der Waals surface area contributed by atoms with Crippen LogP contribution in [0.4, 0.5) is 4.79 Å². The topological polar surface area (TPSA) is 153 Å². The van der Waals surface area contributed by atoms with Gasteiger partial charge in [0.25, 0.3) is 11.8 Å². The van der Waals surface area contributed by atoms with E-state index in [-0.39, 0.29) is 19.4 Å². The molecule has 11 nitrogen and oxygen atoms in total. The molecule has 274 valence electrons. The largest absolute Gasteiger partial charge is 0.453 e. The summed E-state index contributed by atoms with van der Waals surface area (Å²) in [6, 6.07) is 27.2. The number of carbonyl (C=O) groups excluding carboxylic acids is 3. The number of methoxy groups -OCH3 is 1. The maximum Gasteiger partial charge on any atom is 0.407 e. The third kappa shape index (κ3) is 9.81. The molecule has 1 aliphatic carbocycles. The number of fused-ring (bicyclic) bond motifs is 1. The van der Waals surface area contributed by atoms with Gasteiger partial charge in [-0.2, -0.15) is 0 Å². The van der Waals surface area contributed by atoms with Crippen LogP contribution in [0.2, 0.25) is 0 Å². The number of rotatable bonds is 14. The van der Waals surface area contributed by atoms with Gasteiger partial charge in [-0.3, -0.25) is 20.0 Å². The van der Waals surface area contributed by atoms with Gasteiger partial charge in [0, 0.05) is 38.3 Å². The number of nitrogens with zero attached hydrogens (tertiary/aromatic N) is 2. The molecule has 0 fully saturated rings. The van der Waals surface area contributed by atoms with Crippen molar-refractivity contribution in [3.8, 4) is 11.1 Å². The molecule has 1 aliphatic rings. The number of benzene rings is 3. The Morgan fingerprint density at radius 1 is 0.904 bits per heavy atom. The molecule has 5 rings (SSSR count). The first-order valence-corrected chi connectivity index (χ1v) is 17.6. The van der Waals surface area contributed by atoms with E-state index in [4.69, 9.17) is 4.74 Å². The van der Waals surface area contributed by atoms with Gasteiger partial charge in [0.1, 0.15) is 11.6 Å². The Morgan fingerprint density at radius 2 is 1.56 bits per heavy atom. The van der Waals surface area contributed by atoms with Gasteiger partial charge in [-0.15, -0.1) is 0 Å². The van der Waals surface area contributed by atoms with Gasteiger partial charge in [-0.05, 0) is 63.8 Å². The first-order valence-electron chi connectivity index (χ1n) is 17.6. The first kappa shape index (κ1) is 38.1. The second-order valence-corrected chi connectivity index (χ2v) is 14.5. The van der Waals surface area contributed by atoms with Crippen molar-refractivity contribution in [1.29, 1.82) is 0 Å². The SMILES string of the molecule is COC(=O)N[C@H](C(=O)NN(CCC[C@@](O)(Cc1ccccc1)C(=O)N[C@H]1c2ccccc2C[C@H]1O)Cc1ccc(-c2ccncc2)cc1)C(C)(C)C. The van der Waals surface area contributed by atoms with E-state index >= 15 is 0 Å². The van der Waals surface area contributed by atoms with E-state index in [1.807, 2.05) is 112 Å². The summed E-state index contributed by atoms with van der Waals surface area (Å²) in [5, 5.41) is 30.3. The molecule has 0 spiro atoms. The third-order valence-electron chi connectivity index (χ3n) is 9.46. The minimum Gasteiger partial charge on any atom is -0.453 e. The Bertz CT molecular complexity index is 1800. The lowest BCUT2D eigenvalue weighted by molar-refractivity contribution is -0.142. The minimum absolute atomic E-state index is 0.0576. The quantitative estimate of drug-likeness (QED) is 0.116. The molecule has 0 aliphatic heterocycles. The lowest BCUT2D eigenvalue weighted by Gasteiger charge is -2.33. The molecule has 4 aromatic rings. The highest BCUT2D eigenvalue weighted by molar-refractivity contribution is 5.86. The number of aliphatic hydroxyl groups is 2. The molecule has 0 unspecified atom stereocenters. The van der Waals surface area contributed by atoms with E-state index in [0.717, 1.165) is 33.4 Å². The fourth-order valence-electron chi connectivity index (χ4n) is 6.62. The van der Waals surface area contributed by atoms with Crippen molar-refractivity contribution in [2.75, 3.05) is 13.7 Å². The second kappa shape index (κ2) is 16.9. The number of ether oxygens (including phenoxy) is 1. The summed E-state index contributed by atoms with van der Waals surface area (Å²) in [6.07, 6.45) is 2.80. The van der Waals surface area contributed by atoms with Gasteiger partial charge < -0.3 is 25.6 Å². The minimum atomic E-state index is -1.82. The van der Waals surface area contributed by atoms with Crippen LogP contribution in [-0.2, 0) is 33.7 Å². The van der Waals surface area contributed by atoms with Crippen molar-refractivity contribution < 1.29 is 29.3 Å². The van der Waals surface area contributed by atoms with Gasteiger partial charge in [0.05, 0.1) is 19.3 Å². The Hall–Kier alpha value is -5.10. The Morgan fingerprint density at radius 3 is 2.23 bits per heavy atom. The zero-order valence-corrected chi connectivity index (χ0v) is 30.2. The molecule has 3 aromatic carbocycles. The highest BCUT2D eigenvalue weighted by atomic mass is 16.5. The Kier molecular flexibility index (Phi) is 12.4. The molecular formula is C41H49N5O6. The van der Waals surface area contributed by atoms with Crippen LogP contribution in [0.15, 0.2) is 103 Å². The third-order valence-corrected chi connectivity index (χ3v) is 9.46. The van der Waals surface area contributed by atoms with E-state index in [1.165, 1.54) is 7.11 Å². The highest BCUT2D eigenvalue weighted by Crippen LogP contribution is 2.32. The van der Waals surface area contributed by atoms with Crippen LogP contribution in [0, 0.1) is 5.41 Å². The summed E-state index contributed by atoms with van der Waals surface area (Å²) in [5.41, 5.74) is 6.07. The predicted molar refractivity (Wildman–Crippen MR) is 198 cm³/mol. The van der Waals surface area contributed by atoms with Gasteiger partial charge in [0.2, 0.25) is 0 Å². The molecular weight excluding hydrogens is 658 g/mol. The normalized spacial score (nSPS) is 17.1. The number of hydrogen-bond acceptors (Lipinski definition) is 8.